The van der Waals surface area contributed by atoms with Gasteiger partial charge in [0.2, 0.25) is 12.0 Å². The van der Waals surface area contributed by atoms with Crippen LogP contribution in [0.1, 0.15) is 70.8 Å². The zero-order valence-corrected chi connectivity index (χ0v) is 22.4. The Bertz CT molecular complexity index is 1120. The number of carboxylic acid groups (broad SMARTS) is 1. The number of nitrogens with two attached hydrogens (primary N) is 1. The van der Waals surface area contributed by atoms with Crippen molar-refractivity contribution in [3.05, 3.63) is 35.6 Å². The highest BCUT2D eigenvalue weighted by atomic mass is 19.1. The molecule has 4 saturated carbocycles. The third-order valence-electron chi connectivity index (χ3n) is 9.75. The van der Waals surface area contributed by atoms with E-state index in [0.29, 0.717) is 23.8 Å². The molecule has 39 heavy (non-hydrogen) atoms. The number of benzene rings is 1. The van der Waals surface area contributed by atoms with Gasteiger partial charge in [-0.05, 0) is 61.6 Å². The van der Waals surface area contributed by atoms with Crippen molar-refractivity contribution in [2.45, 2.75) is 95.4 Å². The van der Waals surface area contributed by atoms with Gasteiger partial charge in [-0.3, -0.25) is 4.79 Å². The van der Waals surface area contributed by atoms with Crippen LogP contribution < -0.4 is 5.73 Å². The number of ether oxygens (including phenoxy) is 3. The Morgan fingerprint density at radius 1 is 1.08 bits per heavy atom. The molecule has 2 bridgehead atoms. The molecule has 0 spiro atoms. The topological polar surface area (TPSA) is 125 Å². The Morgan fingerprint density at radius 3 is 2.28 bits per heavy atom. The van der Waals surface area contributed by atoms with Crippen LogP contribution in [0.4, 0.5) is 8.78 Å². The molecule has 5 rings (SSSR count). The van der Waals surface area contributed by atoms with Gasteiger partial charge in [-0.15, -0.1) is 0 Å². The largest absolute Gasteiger partial charge is 0.479 e. The maximum atomic E-state index is 15.3. The lowest BCUT2D eigenvalue weighted by Gasteiger charge is -2.45. The van der Waals surface area contributed by atoms with E-state index in [-0.39, 0.29) is 13.0 Å². The van der Waals surface area contributed by atoms with Crippen LogP contribution in [0, 0.1) is 34.9 Å². The molecule has 3 N–H and O–H groups in total. The molecule has 1 aromatic rings. The summed E-state index contributed by atoms with van der Waals surface area (Å²) >= 11 is 0. The van der Waals surface area contributed by atoms with Gasteiger partial charge in [0.1, 0.15) is 11.4 Å². The van der Waals surface area contributed by atoms with Gasteiger partial charge in [0, 0.05) is 18.8 Å². The minimum Gasteiger partial charge on any atom is -0.479 e. The second-order valence-corrected chi connectivity index (χ2v) is 12.1. The van der Waals surface area contributed by atoms with Crippen LogP contribution >= 0.6 is 0 Å². The Hall–Kier alpha value is -2.59. The fourth-order valence-corrected chi connectivity index (χ4v) is 7.69. The number of hydrogen-bond donors (Lipinski definition) is 2. The van der Waals surface area contributed by atoms with Gasteiger partial charge in [0.15, 0.2) is 0 Å². The van der Waals surface area contributed by atoms with Crippen LogP contribution in [-0.2, 0) is 35.2 Å². The lowest BCUT2D eigenvalue weighted by atomic mass is 9.60. The fourth-order valence-electron chi connectivity index (χ4n) is 7.69. The van der Waals surface area contributed by atoms with Crippen molar-refractivity contribution in [1.29, 1.82) is 0 Å². The highest BCUT2D eigenvalue weighted by Crippen LogP contribution is 2.67. The first kappa shape index (κ1) is 28.0. The number of fused-ring (bicyclic) bond motifs is 3. The van der Waals surface area contributed by atoms with Gasteiger partial charge in [-0.25, -0.2) is 18.4 Å². The molecule has 8 nitrogen and oxygen atoms in total. The number of carbonyl (C=O) groups is 3. The van der Waals surface area contributed by atoms with Gasteiger partial charge < -0.3 is 25.1 Å². The lowest BCUT2D eigenvalue weighted by molar-refractivity contribution is -0.202. The van der Waals surface area contributed by atoms with E-state index in [0.717, 1.165) is 32.1 Å². The number of halogens is 2. The highest BCUT2D eigenvalue weighted by Gasteiger charge is 2.85. The molecule has 4 aliphatic rings. The minimum atomic E-state index is -2.67. The number of rotatable bonds is 9. The summed E-state index contributed by atoms with van der Waals surface area (Å²) in [5.41, 5.74) is 1.65. The van der Waals surface area contributed by atoms with E-state index in [9.17, 15) is 23.9 Å². The Balaban J connectivity index is 1.28. The number of carbonyl (C=O) groups excluding carboxylic acids is 2. The Labute approximate surface area is 226 Å². The van der Waals surface area contributed by atoms with Crippen molar-refractivity contribution in [3.63, 3.8) is 0 Å². The second-order valence-electron chi connectivity index (χ2n) is 12.1. The van der Waals surface area contributed by atoms with E-state index >= 15 is 4.39 Å². The third kappa shape index (κ3) is 4.73. The van der Waals surface area contributed by atoms with Crippen molar-refractivity contribution in [2.24, 2.45) is 34.8 Å². The van der Waals surface area contributed by atoms with Gasteiger partial charge >= 0.3 is 17.9 Å². The number of hydrogen-bond acceptors (Lipinski definition) is 7. The van der Waals surface area contributed by atoms with Crippen molar-refractivity contribution in [1.82, 2.24) is 0 Å². The maximum absolute atomic E-state index is 15.3. The summed E-state index contributed by atoms with van der Waals surface area (Å²) in [5, 5.41) is 9.49. The number of carboxylic acids is 1. The first-order valence-electron chi connectivity index (χ1n) is 13.9. The summed E-state index contributed by atoms with van der Waals surface area (Å²) in [6.07, 6.45) is 4.16. The molecule has 4 fully saturated rings. The predicted molar refractivity (Wildman–Crippen MR) is 134 cm³/mol. The molecule has 1 aromatic carbocycles. The van der Waals surface area contributed by atoms with Crippen molar-refractivity contribution in [2.75, 3.05) is 0 Å². The SMILES string of the molecule is CCC1(C(=O)O[C@H](C)OC(=O)[C@@]2(N)[C@H]3[C@@H](C[C@H]2OCc2ccc(F)cc2)[C@]3(F)C(=O)O)CC2CCCC(C2)C1. The monoisotopic (exact) mass is 549 g/mol. The molecule has 0 saturated heterocycles. The molecule has 8 atom stereocenters. The number of aliphatic carboxylic acids is 1. The standard InChI is InChI=1S/C29H37F2NO7/c1-3-27(13-18-5-4-6-19(11-18)14-27)25(35)38-16(2)39-26(36)29(32)22(12-21-23(29)28(21,31)24(33)34)37-15-17-7-9-20(30)10-8-17/h7-10,16,18-19,21-23H,3-6,11-15,32H2,1-2H3,(H,33,34)/t16-,18?,19?,21+,22+,23-,27?,28+,29-/m0/s1. The zero-order chi connectivity index (χ0) is 28.2. The average molecular weight is 550 g/mol. The molecule has 2 unspecified atom stereocenters. The van der Waals surface area contributed by atoms with Crippen LogP contribution in [0.15, 0.2) is 24.3 Å². The maximum Gasteiger partial charge on any atom is 0.342 e. The van der Waals surface area contributed by atoms with Gasteiger partial charge in [0.25, 0.3) is 0 Å². The highest BCUT2D eigenvalue weighted by molar-refractivity contribution is 5.91. The van der Waals surface area contributed by atoms with Crippen molar-refractivity contribution >= 4 is 17.9 Å². The average Bonchev–Trinajstić information content (AvgIpc) is 3.38. The fraction of sp³-hybridized carbons (Fsp3) is 0.690. The van der Waals surface area contributed by atoms with E-state index in [1.165, 1.54) is 37.6 Å². The normalized spacial score (nSPS) is 39.4. The van der Waals surface area contributed by atoms with Crippen LogP contribution in [0.5, 0.6) is 0 Å². The van der Waals surface area contributed by atoms with E-state index in [1.54, 1.807) is 0 Å². The van der Waals surface area contributed by atoms with Crippen LogP contribution in [0.25, 0.3) is 0 Å². The summed E-state index contributed by atoms with van der Waals surface area (Å²) in [4.78, 5) is 38.5. The van der Waals surface area contributed by atoms with Crippen LogP contribution in [-0.4, -0.2) is 46.6 Å². The molecule has 4 aliphatic carbocycles. The summed E-state index contributed by atoms with van der Waals surface area (Å²) in [7, 11) is 0. The second kappa shape index (κ2) is 10.1. The predicted octanol–water partition coefficient (Wildman–Crippen LogP) is 4.28. The number of esters is 2. The molecule has 10 heteroatoms. The summed E-state index contributed by atoms with van der Waals surface area (Å²) in [5.74, 6) is -5.02. The van der Waals surface area contributed by atoms with Crippen LogP contribution in [0.3, 0.4) is 0 Å². The Morgan fingerprint density at radius 2 is 1.69 bits per heavy atom. The summed E-state index contributed by atoms with van der Waals surface area (Å²) in [6.45, 7) is 3.32. The first-order valence-corrected chi connectivity index (χ1v) is 13.9. The van der Waals surface area contributed by atoms with E-state index in [2.05, 4.69) is 0 Å². The van der Waals surface area contributed by atoms with E-state index in [4.69, 9.17) is 19.9 Å². The van der Waals surface area contributed by atoms with Gasteiger partial charge in [-0.2, -0.15) is 0 Å². The number of alkyl halides is 1. The molecule has 214 valence electrons. The molecule has 0 amide bonds. The first-order chi connectivity index (χ1) is 18.4. The van der Waals surface area contributed by atoms with Crippen LogP contribution in [0.2, 0.25) is 0 Å². The summed E-state index contributed by atoms with van der Waals surface area (Å²) < 4.78 is 45.5. The Kier molecular flexibility index (Phi) is 7.24. The van der Waals surface area contributed by atoms with E-state index in [1.807, 2.05) is 6.92 Å². The van der Waals surface area contributed by atoms with Crippen molar-refractivity contribution < 1.29 is 42.5 Å². The van der Waals surface area contributed by atoms with Gasteiger partial charge in [0.05, 0.1) is 18.1 Å². The third-order valence-corrected chi connectivity index (χ3v) is 9.75. The molecule has 0 heterocycles. The summed E-state index contributed by atoms with van der Waals surface area (Å²) in [6, 6.07) is 5.51. The lowest BCUT2D eigenvalue weighted by Crippen LogP contribution is -2.61. The quantitative estimate of drug-likeness (QED) is 0.345. The molecular formula is C29H37F2NO7. The smallest absolute Gasteiger partial charge is 0.342 e. The molecule has 0 radical (unpaired) electrons. The van der Waals surface area contributed by atoms with Gasteiger partial charge in [-0.1, -0.05) is 38.3 Å². The molecule has 0 aromatic heterocycles. The minimum absolute atomic E-state index is 0.0468. The van der Waals surface area contributed by atoms with Crippen molar-refractivity contribution in [3.8, 4) is 0 Å². The zero-order valence-electron chi connectivity index (χ0n) is 22.4. The molecular weight excluding hydrogens is 512 g/mol. The van der Waals surface area contributed by atoms with E-state index < -0.39 is 64.6 Å². The molecule has 0 aliphatic heterocycles.